The van der Waals surface area contributed by atoms with E-state index in [1.165, 1.54) is 0 Å². The number of alkyl halides is 7. The summed E-state index contributed by atoms with van der Waals surface area (Å²) in [7, 11) is 0. The molecule has 13 heteroatoms. The molecule has 2 heterocycles. The summed E-state index contributed by atoms with van der Waals surface area (Å²) in [5.74, 6) is -0.975. The van der Waals surface area contributed by atoms with E-state index in [4.69, 9.17) is 46.4 Å². The Morgan fingerprint density at radius 1 is 1.03 bits per heavy atom. The fourth-order valence-corrected chi connectivity index (χ4v) is 4.13. The van der Waals surface area contributed by atoms with Crippen LogP contribution in [0.1, 0.15) is 23.2 Å². The lowest BCUT2D eigenvalue weighted by molar-refractivity contribution is -0.184. The largest absolute Gasteiger partial charge is 0.433 e. The molecule has 0 N–H and O–H groups in total. The molecule has 2 aromatic rings. The molecule has 0 bridgehead atoms. The van der Waals surface area contributed by atoms with Crippen molar-refractivity contribution in [1.29, 1.82) is 0 Å². The fraction of sp³-hybridized carbons (Fsp3) is 0.412. The molecule has 30 heavy (non-hydrogen) atoms. The molecule has 1 aromatic heterocycles. The van der Waals surface area contributed by atoms with Crippen LogP contribution in [0.3, 0.4) is 0 Å². The van der Waals surface area contributed by atoms with Crippen LogP contribution >= 0.6 is 46.4 Å². The standard InChI is InChI=1S/C17H11Cl4F6N3/c18-5-8-6-28-14(29-13(8)16(22,23)24)30-2-1-15(7-30,17(25,26)27)9-3-10(19)12(21)11(20)4-9/h3-4,6H,1-2,5,7H2. The van der Waals surface area contributed by atoms with Crippen molar-refractivity contribution in [2.75, 3.05) is 18.0 Å². The van der Waals surface area contributed by atoms with E-state index in [-0.39, 0.29) is 32.7 Å². The molecular weight excluding hydrogens is 502 g/mol. The van der Waals surface area contributed by atoms with Gasteiger partial charge in [-0.25, -0.2) is 9.97 Å². The zero-order valence-electron chi connectivity index (χ0n) is 14.7. The van der Waals surface area contributed by atoms with Crippen LogP contribution in [0.4, 0.5) is 32.3 Å². The molecule has 1 unspecified atom stereocenters. The zero-order valence-corrected chi connectivity index (χ0v) is 17.7. The van der Waals surface area contributed by atoms with Crippen LogP contribution in [0, 0.1) is 0 Å². The number of rotatable bonds is 3. The van der Waals surface area contributed by atoms with E-state index in [9.17, 15) is 26.3 Å². The molecule has 164 valence electrons. The van der Waals surface area contributed by atoms with Crippen molar-refractivity contribution in [3.63, 3.8) is 0 Å². The predicted octanol–water partition coefficient (Wildman–Crippen LogP) is 6.90. The van der Waals surface area contributed by atoms with Crippen molar-refractivity contribution >= 4 is 52.4 Å². The third kappa shape index (κ3) is 4.13. The SMILES string of the molecule is FC(F)(F)c1nc(N2CCC(c3cc(Cl)c(Cl)c(Cl)c3)(C(F)(F)F)C2)ncc1CCl. The van der Waals surface area contributed by atoms with Gasteiger partial charge in [0.1, 0.15) is 5.41 Å². The highest BCUT2D eigenvalue weighted by Gasteiger charge is 2.59. The van der Waals surface area contributed by atoms with E-state index >= 15 is 0 Å². The van der Waals surface area contributed by atoms with E-state index in [1.807, 2.05) is 0 Å². The monoisotopic (exact) mass is 511 g/mol. The minimum atomic E-state index is -4.83. The Morgan fingerprint density at radius 2 is 1.63 bits per heavy atom. The van der Waals surface area contributed by atoms with Gasteiger partial charge in [0, 0.05) is 24.8 Å². The highest BCUT2D eigenvalue weighted by Crippen LogP contribution is 2.50. The van der Waals surface area contributed by atoms with Crippen molar-refractivity contribution in [2.45, 2.75) is 30.1 Å². The summed E-state index contributed by atoms with van der Waals surface area (Å²) in [6.07, 6.45) is -9.19. The van der Waals surface area contributed by atoms with Crippen LogP contribution in [0.25, 0.3) is 0 Å². The summed E-state index contributed by atoms with van der Waals surface area (Å²) in [6.45, 7) is -0.961. The molecule has 1 aromatic carbocycles. The van der Waals surface area contributed by atoms with Gasteiger partial charge < -0.3 is 4.90 Å². The molecule has 1 aliphatic heterocycles. The summed E-state index contributed by atoms with van der Waals surface area (Å²) in [6, 6.07) is 2.12. The molecule has 0 radical (unpaired) electrons. The minimum absolute atomic E-state index is 0.0934. The molecule has 0 amide bonds. The number of nitrogens with zero attached hydrogens (tertiary/aromatic N) is 3. The first-order valence-corrected chi connectivity index (χ1v) is 9.93. The van der Waals surface area contributed by atoms with Crippen LogP contribution in [-0.2, 0) is 17.5 Å². The van der Waals surface area contributed by atoms with Gasteiger partial charge in [0.05, 0.1) is 20.9 Å². The first kappa shape index (κ1) is 23.5. The lowest BCUT2D eigenvalue weighted by Gasteiger charge is -2.32. The second-order valence-corrected chi connectivity index (χ2v) is 8.14. The van der Waals surface area contributed by atoms with Crippen molar-refractivity contribution < 1.29 is 26.3 Å². The smallest absolute Gasteiger partial charge is 0.340 e. The Labute approximate surface area is 186 Å². The van der Waals surface area contributed by atoms with Crippen molar-refractivity contribution in [1.82, 2.24) is 9.97 Å². The summed E-state index contributed by atoms with van der Waals surface area (Å²) < 4.78 is 82.2. The molecule has 1 saturated heterocycles. The van der Waals surface area contributed by atoms with Gasteiger partial charge in [-0.05, 0) is 24.1 Å². The second-order valence-electron chi connectivity index (χ2n) is 6.68. The van der Waals surface area contributed by atoms with E-state index in [1.54, 1.807) is 0 Å². The van der Waals surface area contributed by atoms with Crippen LogP contribution in [0.5, 0.6) is 0 Å². The highest BCUT2D eigenvalue weighted by molar-refractivity contribution is 6.48. The number of halogens is 10. The highest BCUT2D eigenvalue weighted by atomic mass is 35.5. The first-order valence-electron chi connectivity index (χ1n) is 8.26. The van der Waals surface area contributed by atoms with Crippen LogP contribution in [0.2, 0.25) is 15.1 Å². The summed E-state index contributed by atoms with van der Waals surface area (Å²) in [5.41, 5.74) is -4.35. The van der Waals surface area contributed by atoms with E-state index in [0.29, 0.717) is 0 Å². The Morgan fingerprint density at radius 3 is 2.13 bits per heavy atom. The van der Waals surface area contributed by atoms with Gasteiger partial charge in [0.15, 0.2) is 5.69 Å². The molecule has 3 nitrogen and oxygen atoms in total. The number of hydrogen-bond acceptors (Lipinski definition) is 3. The first-order chi connectivity index (χ1) is 13.8. The Hall–Kier alpha value is -1.16. The van der Waals surface area contributed by atoms with E-state index < -0.39 is 48.3 Å². The van der Waals surface area contributed by atoms with Gasteiger partial charge in [0.25, 0.3) is 0 Å². The quantitative estimate of drug-likeness (QED) is 0.254. The third-order valence-corrected chi connectivity index (χ3v) is 6.38. The molecule has 0 spiro atoms. The lowest BCUT2D eigenvalue weighted by Crippen LogP contribution is -2.45. The molecule has 1 atom stereocenters. The maximum Gasteiger partial charge on any atom is 0.433 e. The summed E-state index contributed by atoms with van der Waals surface area (Å²) >= 11 is 23.2. The topological polar surface area (TPSA) is 29.0 Å². The zero-order chi connectivity index (χ0) is 22.5. The number of hydrogen-bond donors (Lipinski definition) is 0. The maximum absolute atomic E-state index is 14.2. The van der Waals surface area contributed by atoms with Gasteiger partial charge in [-0.15, -0.1) is 11.6 Å². The molecule has 1 aliphatic rings. The molecule has 3 rings (SSSR count). The van der Waals surface area contributed by atoms with Gasteiger partial charge >= 0.3 is 12.4 Å². The number of benzene rings is 1. The Bertz CT molecular complexity index is 942. The number of aromatic nitrogens is 2. The Balaban J connectivity index is 2.05. The van der Waals surface area contributed by atoms with Gasteiger partial charge in [-0.3, -0.25) is 0 Å². The lowest BCUT2D eigenvalue weighted by atomic mass is 9.79. The summed E-state index contributed by atoms with van der Waals surface area (Å²) in [4.78, 5) is 8.28. The summed E-state index contributed by atoms with van der Waals surface area (Å²) in [5, 5.41) is -0.421. The normalized spacial score (nSPS) is 20.1. The van der Waals surface area contributed by atoms with Crippen molar-refractivity contribution in [3.05, 3.63) is 50.2 Å². The maximum atomic E-state index is 14.2. The van der Waals surface area contributed by atoms with Crippen LogP contribution < -0.4 is 4.90 Å². The van der Waals surface area contributed by atoms with Crippen molar-refractivity contribution in [3.8, 4) is 0 Å². The molecule has 0 saturated carbocycles. The molecule has 1 fully saturated rings. The van der Waals surface area contributed by atoms with Crippen LogP contribution in [-0.4, -0.2) is 29.2 Å². The second kappa shape index (κ2) is 8.07. The van der Waals surface area contributed by atoms with Gasteiger partial charge in [-0.1, -0.05) is 34.8 Å². The molecular formula is C17H11Cl4F6N3. The third-order valence-electron chi connectivity index (χ3n) is 4.90. The number of anilines is 1. The van der Waals surface area contributed by atoms with E-state index in [0.717, 1.165) is 23.2 Å². The average Bonchev–Trinajstić information content (AvgIpc) is 3.11. The molecule has 0 aliphatic carbocycles. The van der Waals surface area contributed by atoms with E-state index in [2.05, 4.69) is 9.97 Å². The minimum Gasteiger partial charge on any atom is -0.340 e. The Kier molecular flexibility index (Phi) is 6.33. The average molecular weight is 513 g/mol. The van der Waals surface area contributed by atoms with Gasteiger partial charge in [-0.2, -0.15) is 26.3 Å². The fourth-order valence-electron chi connectivity index (χ4n) is 3.34. The van der Waals surface area contributed by atoms with Crippen molar-refractivity contribution in [2.24, 2.45) is 0 Å². The van der Waals surface area contributed by atoms with Gasteiger partial charge in [0.2, 0.25) is 5.95 Å². The predicted molar refractivity (Wildman–Crippen MR) is 103 cm³/mol. The van der Waals surface area contributed by atoms with Crippen LogP contribution in [0.15, 0.2) is 18.3 Å².